The summed E-state index contributed by atoms with van der Waals surface area (Å²) < 4.78 is 4.77. The van der Waals surface area contributed by atoms with E-state index in [1.165, 1.54) is 7.11 Å². The Hall–Kier alpha value is -1.65. The molecule has 112 valence electrons. The molecular formula is C15H23NO4. The lowest BCUT2D eigenvalue weighted by molar-refractivity contribution is -0.150. The molecule has 1 atom stereocenters. The molecule has 5 nitrogen and oxygen atoms in total. The van der Waals surface area contributed by atoms with E-state index in [0.29, 0.717) is 12.1 Å². The van der Waals surface area contributed by atoms with Crippen molar-refractivity contribution < 1.29 is 19.4 Å². The molecule has 0 saturated heterocycles. The minimum atomic E-state index is -0.825. The maximum atomic E-state index is 12.3. The molecule has 1 rings (SSSR count). The fraction of sp³-hybridized carbons (Fsp3) is 0.667. The van der Waals surface area contributed by atoms with Gasteiger partial charge in [0.2, 0.25) is 0 Å². The van der Waals surface area contributed by atoms with Crippen molar-refractivity contribution in [2.24, 2.45) is 16.3 Å². The van der Waals surface area contributed by atoms with Crippen LogP contribution in [-0.2, 0) is 14.3 Å². The first-order valence-electron chi connectivity index (χ1n) is 6.80. The summed E-state index contributed by atoms with van der Waals surface area (Å²) >= 11 is 0. The SMILES string of the molecule is CCCC(=NC)C1=C(O)[C@@H](C(=O)OC)C(C)(C)CC1=O. The molecule has 0 aliphatic heterocycles. The lowest BCUT2D eigenvalue weighted by atomic mass is 9.67. The van der Waals surface area contributed by atoms with Crippen LogP contribution in [0, 0.1) is 11.3 Å². The monoisotopic (exact) mass is 281 g/mol. The molecule has 1 N–H and O–H groups in total. The number of ketones is 1. The summed E-state index contributed by atoms with van der Waals surface area (Å²) in [7, 11) is 2.87. The Morgan fingerprint density at radius 3 is 2.55 bits per heavy atom. The normalized spacial score (nSPS) is 22.9. The van der Waals surface area contributed by atoms with Crippen molar-refractivity contribution in [3.8, 4) is 0 Å². The Bertz CT molecular complexity index is 474. The number of carbonyl (C=O) groups is 2. The molecule has 0 aromatic rings. The number of nitrogens with zero attached hydrogens (tertiary/aromatic N) is 1. The predicted molar refractivity (Wildman–Crippen MR) is 76.8 cm³/mol. The van der Waals surface area contributed by atoms with Gasteiger partial charge in [-0.2, -0.15) is 0 Å². The summed E-state index contributed by atoms with van der Waals surface area (Å²) in [5, 5.41) is 10.4. The Balaban J connectivity index is 3.40. The minimum absolute atomic E-state index is 0.165. The predicted octanol–water partition coefficient (Wildman–Crippen LogP) is 2.46. The summed E-state index contributed by atoms with van der Waals surface area (Å²) in [6.45, 7) is 5.53. The third kappa shape index (κ3) is 2.92. The Morgan fingerprint density at radius 2 is 2.10 bits per heavy atom. The number of aliphatic hydroxyl groups is 1. The molecule has 0 radical (unpaired) electrons. The first-order valence-corrected chi connectivity index (χ1v) is 6.80. The van der Waals surface area contributed by atoms with Gasteiger partial charge in [0.1, 0.15) is 11.7 Å². The number of hydrogen-bond acceptors (Lipinski definition) is 5. The van der Waals surface area contributed by atoms with Gasteiger partial charge in [-0.25, -0.2) is 0 Å². The molecule has 1 aliphatic rings. The van der Waals surface area contributed by atoms with Crippen LogP contribution < -0.4 is 0 Å². The van der Waals surface area contributed by atoms with Crippen LogP contribution in [0.4, 0.5) is 0 Å². The van der Waals surface area contributed by atoms with Crippen LogP contribution in [-0.4, -0.2) is 36.7 Å². The molecule has 20 heavy (non-hydrogen) atoms. The van der Waals surface area contributed by atoms with E-state index in [2.05, 4.69) is 4.99 Å². The number of hydrogen-bond donors (Lipinski definition) is 1. The van der Waals surface area contributed by atoms with E-state index in [9.17, 15) is 14.7 Å². The van der Waals surface area contributed by atoms with Crippen LogP contribution in [0.25, 0.3) is 0 Å². The number of allylic oxidation sites excluding steroid dienone is 1. The number of methoxy groups -OCH3 is 1. The fourth-order valence-corrected chi connectivity index (χ4v) is 2.70. The first kappa shape index (κ1) is 16.4. The summed E-state index contributed by atoms with van der Waals surface area (Å²) in [6.07, 6.45) is 1.59. The quantitative estimate of drug-likeness (QED) is 0.634. The molecule has 0 aromatic heterocycles. The second kappa shape index (κ2) is 6.20. The molecule has 0 heterocycles. The van der Waals surface area contributed by atoms with Gasteiger partial charge in [-0.3, -0.25) is 14.6 Å². The largest absolute Gasteiger partial charge is 0.511 e. The van der Waals surface area contributed by atoms with Crippen molar-refractivity contribution in [1.29, 1.82) is 0 Å². The number of ether oxygens (including phenoxy) is 1. The molecular weight excluding hydrogens is 258 g/mol. The van der Waals surface area contributed by atoms with Crippen molar-refractivity contribution >= 4 is 17.5 Å². The topological polar surface area (TPSA) is 76.0 Å². The highest BCUT2D eigenvalue weighted by atomic mass is 16.5. The van der Waals surface area contributed by atoms with E-state index in [-0.39, 0.29) is 23.5 Å². The van der Waals surface area contributed by atoms with Gasteiger partial charge in [0.05, 0.1) is 12.7 Å². The number of esters is 1. The Kier molecular flexibility index (Phi) is 5.09. The molecule has 5 heteroatoms. The average molecular weight is 281 g/mol. The fourth-order valence-electron chi connectivity index (χ4n) is 2.70. The number of rotatable bonds is 4. The van der Waals surface area contributed by atoms with Crippen LogP contribution in [0.15, 0.2) is 16.3 Å². The van der Waals surface area contributed by atoms with E-state index >= 15 is 0 Å². The van der Waals surface area contributed by atoms with E-state index in [1.807, 2.05) is 6.92 Å². The van der Waals surface area contributed by atoms with E-state index < -0.39 is 17.3 Å². The second-order valence-corrected chi connectivity index (χ2v) is 5.73. The summed E-state index contributed by atoms with van der Waals surface area (Å²) in [5.41, 5.74) is 0.0894. The van der Waals surface area contributed by atoms with Gasteiger partial charge in [-0.05, 0) is 11.8 Å². The van der Waals surface area contributed by atoms with Gasteiger partial charge in [0.25, 0.3) is 0 Å². The van der Waals surface area contributed by atoms with E-state index in [4.69, 9.17) is 4.74 Å². The molecule has 0 bridgehead atoms. The summed E-state index contributed by atoms with van der Waals surface area (Å²) in [6, 6.07) is 0. The summed E-state index contributed by atoms with van der Waals surface area (Å²) in [5.74, 6) is -1.72. The zero-order valence-corrected chi connectivity index (χ0v) is 12.8. The highest BCUT2D eigenvalue weighted by Gasteiger charge is 2.47. The zero-order valence-electron chi connectivity index (χ0n) is 12.8. The van der Waals surface area contributed by atoms with Crippen LogP contribution in [0.5, 0.6) is 0 Å². The Morgan fingerprint density at radius 1 is 1.50 bits per heavy atom. The van der Waals surface area contributed by atoms with Gasteiger partial charge in [-0.15, -0.1) is 0 Å². The van der Waals surface area contributed by atoms with Crippen LogP contribution >= 0.6 is 0 Å². The van der Waals surface area contributed by atoms with Crippen LogP contribution in [0.2, 0.25) is 0 Å². The van der Waals surface area contributed by atoms with E-state index in [1.54, 1.807) is 20.9 Å². The van der Waals surface area contributed by atoms with Gasteiger partial charge in [-0.1, -0.05) is 27.2 Å². The second-order valence-electron chi connectivity index (χ2n) is 5.73. The number of carbonyl (C=O) groups excluding carboxylic acids is 2. The highest BCUT2D eigenvalue weighted by molar-refractivity contribution is 6.23. The van der Waals surface area contributed by atoms with Crippen LogP contribution in [0.3, 0.4) is 0 Å². The highest BCUT2D eigenvalue weighted by Crippen LogP contribution is 2.42. The third-order valence-electron chi connectivity index (χ3n) is 3.69. The maximum absolute atomic E-state index is 12.3. The standard InChI is InChI=1S/C15H23NO4/c1-6-7-9(16-4)11-10(17)8-15(2,3)12(13(11)18)14(19)20-5/h12,18H,6-8H2,1-5H3/t12-/m0/s1. The van der Waals surface area contributed by atoms with Gasteiger partial charge in [0, 0.05) is 19.2 Å². The molecule has 1 aliphatic carbocycles. The van der Waals surface area contributed by atoms with Crippen molar-refractivity contribution in [3.05, 3.63) is 11.3 Å². The van der Waals surface area contributed by atoms with Crippen molar-refractivity contribution in [2.75, 3.05) is 14.2 Å². The molecule has 0 amide bonds. The molecule has 0 fully saturated rings. The van der Waals surface area contributed by atoms with E-state index in [0.717, 1.165) is 6.42 Å². The zero-order chi connectivity index (χ0) is 15.5. The Labute approximate surface area is 119 Å². The molecule has 0 spiro atoms. The summed E-state index contributed by atoms with van der Waals surface area (Å²) in [4.78, 5) is 28.3. The van der Waals surface area contributed by atoms with Gasteiger partial charge in [0.15, 0.2) is 5.78 Å². The molecule has 0 aromatic carbocycles. The molecule has 0 unspecified atom stereocenters. The maximum Gasteiger partial charge on any atom is 0.316 e. The smallest absolute Gasteiger partial charge is 0.316 e. The van der Waals surface area contributed by atoms with Crippen molar-refractivity contribution in [3.63, 3.8) is 0 Å². The van der Waals surface area contributed by atoms with Crippen molar-refractivity contribution in [2.45, 2.75) is 40.0 Å². The van der Waals surface area contributed by atoms with Gasteiger partial charge < -0.3 is 9.84 Å². The lowest BCUT2D eigenvalue weighted by Crippen LogP contribution is -2.41. The van der Waals surface area contributed by atoms with Crippen molar-refractivity contribution in [1.82, 2.24) is 0 Å². The van der Waals surface area contributed by atoms with Gasteiger partial charge >= 0.3 is 5.97 Å². The first-order chi connectivity index (χ1) is 9.30. The minimum Gasteiger partial charge on any atom is -0.511 e. The number of aliphatic imine (C=N–C) groups is 1. The average Bonchev–Trinajstić information content (AvgIpc) is 2.35. The van der Waals surface area contributed by atoms with Crippen LogP contribution in [0.1, 0.15) is 40.0 Å². The lowest BCUT2D eigenvalue weighted by Gasteiger charge is -2.36. The molecule has 0 saturated carbocycles. The third-order valence-corrected chi connectivity index (χ3v) is 3.69. The number of aliphatic hydroxyl groups excluding tert-OH is 1. The number of Topliss-reactive ketones (excluding diaryl/α,β-unsaturated/α-hetero) is 1.